The second kappa shape index (κ2) is 12.7. The number of benzene rings is 3. The number of unbranched alkanes of at least 4 members (excludes halogenated alkanes) is 2. The van der Waals surface area contributed by atoms with Crippen LogP contribution in [-0.4, -0.2) is 25.3 Å². The standard InChI is InChI=1S/C29H34FNO4S/c1-4-6-7-9-23-12-14-25(15-13-23)29(32)31(22(3)5-2)21-24-10-8-11-27(20-24)35-36(33,34)28-18-16-26(30)17-19-28/h8,10-20,22H,4-7,9,21H2,1-3H3/t22-/m1/s1. The number of rotatable bonds is 12. The summed E-state index contributed by atoms with van der Waals surface area (Å²) in [5, 5.41) is 0. The maximum Gasteiger partial charge on any atom is 0.339 e. The lowest BCUT2D eigenvalue weighted by atomic mass is 10.0. The quantitative estimate of drug-likeness (QED) is 0.199. The minimum Gasteiger partial charge on any atom is -0.379 e. The molecule has 1 amide bonds. The Labute approximate surface area is 214 Å². The summed E-state index contributed by atoms with van der Waals surface area (Å²) in [4.78, 5) is 15.1. The summed E-state index contributed by atoms with van der Waals surface area (Å²) in [6, 6.07) is 18.9. The zero-order valence-corrected chi connectivity index (χ0v) is 21.9. The van der Waals surface area contributed by atoms with Gasteiger partial charge in [-0.3, -0.25) is 4.79 Å². The second-order valence-electron chi connectivity index (χ2n) is 8.98. The van der Waals surface area contributed by atoms with Crippen molar-refractivity contribution in [1.82, 2.24) is 4.90 Å². The molecule has 0 bridgehead atoms. The van der Waals surface area contributed by atoms with Crippen molar-refractivity contribution in [3.63, 3.8) is 0 Å². The maximum atomic E-state index is 13.4. The van der Waals surface area contributed by atoms with Crippen LogP contribution in [0.3, 0.4) is 0 Å². The molecule has 36 heavy (non-hydrogen) atoms. The molecule has 0 heterocycles. The fraction of sp³-hybridized carbons (Fsp3) is 0.345. The molecule has 5 nitrogen and oxygen atoms in total. The highest BCUT2D eigenvalue weighted by molar-refractivity contribution is 7.87. The van der Waals surface area contributed by atoms with Crippen LogP contribution in [0.1, 0.15) is 67.9 Å². The van der Waals surface area contributed by atoms with Gasteiger partial charge in [0.05, 0.1) is 0 Å². The molecule has 192 valence electrons. The maximum absolute atomic E-state index is 13.4. The Morgan fingerprint density at radius 1 is 0.944 bits per heavy atom. The molecule has 3 aromatic carbocycles. The first-order valence-electron chi connectivity index (χ1n) is 12.4. The number of halogens is 1. The van der Waals surface area contributed by atoms with Gasteiger partial charge in [0.1, 0.15) is 16.5 Å². The number of carbonyl (C=O) groups is 1. The smallest absolute Gasteiger partial charge is 0.339 e. The Morgan fingerprint density at radius 3 is 2.28 bits per heavy atom. The molecule has 0 aliphatic carbocycles. The van der Waals surface area contributed by atoms with Crippen molar-refractivity contribution < 1.29 is 21.8 Å². The molecule has 1 atom stereocenters. The zero-order valence-electron chi connectivity index (χ0n) is 21.1. The first-order valence-corrected chi connectivity index (χ1v) is 13.8. The van der Waals surface area contributed by atoms with Crippen LogP contribution in [0.5, 0.6) is 5.75 Å². The molecule has 0 aromatic heterocycles. The third kappa shape index (κ3) is 7.40. The van der Waals surface area contributed by atoms with Crippen molar-refractivity contribution in [3.8, 4) is 5.75 Å². The van der Waals surface area contributed by atoms with E-state index in [2.05, 4.69) is 6.92 Å². The van der Waals surface area contributed by atoms with Crippen LogP contribution in [0.15, 0.2) is 77.7 Å². The summed E-state index contributed by atoms with van der Waals surface area (Å²) in [5.41, 5.74) is 2.59. The number of nitrogens with zero attached hydrogens (tertiary/aromatic N) is 1. The van der Waals surface area contributed by atoms with Crippen molar-refractivity contribution in [2.45, 2.75) is 70.4 Å². The van der Waals surface area contributed by atoms with Gasteiger partial charge in [-0.15, -0.1) is 0 Å². The van der Waals surface area contributed by atoms with Gasteiger partial charge in [0.2, 0.25) is 0 Å². The van der Waals surface area contributed by atoms with Crippen molar-refractivity contribution in [3.05, 3.63) is 95.3 Å². The predicted octanol–water partition coefficient (Wildman–Crippen LogP) is 6.77. The molecule has 0 saturated heterocycles. The highest BCUT2D eigenvalue weighted by atomic mass is 32.2. The van der Waals surface area contributed by atoms with E-state index >= 15 is 0 Å². The average Bonchev–Trinajstić information content (AvgIpc) is 2.87. The fourth-order valence-corrected chi connectivity index (χ4v) is 4.80. The van der Waals surface area contributed by atoms with E-state index < -0.39 is 15.9 Å². The Hall–Kier alpha value is -3.19. The summed E-state index contributed by atoms with van der Waals surface area (Å²) in [6.07, 6.45) is 5.28. The van der Waals surface area contributed by atoms with Gasteiger partial charge in [-0.1, -0.05) is 51.0 Å². The summed E-state index contributed by atoms with van der Waals surface area (Å²) < 4.78 is 43.6. The molecule has 3 rings (SSSR count). The Bertz CT molecular complexity index is 1240. The molecule has 7 heteroatoms. The molecule has 0 aliphatic heterocycles. The third-order valence-corrected chi connectivity index (χ3v) is 7.47. The van der Waals surface area contributed by atoms with Gasteiger partial charge in [0.25, 0.3) is 5.91 Å². The molecule has 0 radical (unpaired) electrons. The van der Waals surface area contributed by atoms with Crippen LogP contribution in [0.25, 0.3) is 0 Å². The minimum atomic E-state index is -4.12. The molecular weight excluding hydrogens is 477 g/mol. The lowest BCUT2D eigenvalue weighted by Gasteiger charge is -2.29. The minimum absolute atomic E-state index is 0.0192. The van der Waals surface area contributed by atoms with E-state index in [1.54, 1.807) is 17.0 Å². The van der Waals surface area contributed by atoms with E-state index in [1.807, 2.05) is 44.2 Å². The highest BCUT2D eigenvalue weighted by Gasteiger charge is 2.22. The number of hydrogen-bond acceptors (Lipinski definition) is 4. The Morgan fingerprint density at radius 2 is 1.64 bits per heavy atom. The molecule has 0 unspecified atom stereocenters. The lowest BCUT2D eigenvalue weighted by molar-refractivity contribution is 0.0671. The van der Waals surface area contributed by atoms with Crippen molar-refractivity contribution >= 4 is 16.0 Å². The first-order chi connectivity index (χ1) is 17.2. The molecule has 0 saturated carbocycles. The number of aryl methyl sites for hydroxylation is 1. The van der Waals surface area contributed by atoms with Crippen molar-refractivity contribution in [2.24, 2.45) is 0 Å². The van der Waals surface area contributed by atoms with E-state index in [4.69, 9.17) is 4.18 Å². The van der Waals surface area contributed by atoms with Crippen LogP contribution in [0.2, 0.25) is 0 Å². The summed E-state index contributed by atoms with van der Waals surface area (Å²) in [6.45, 7) is 6.50. The Balaban J connectivity index is 1.76. The van der Waals surface area contributed by atoms with Gasteiger partial charge < -0.3 is 9.08 Å². The SMILES string of the molecule is CCCCCc1ccc(C(=O)N(Cc2cccc(OS(=O)(=O)c3ccc(F)cc3)c2)[C@H](C)CC)cc1. The third-order valence-electron chi connectivity index (χ3n) is 6.21. The summed E-state index contributed by atoms with van der Waals surface area (Å²) in [7, 11) is -4.12. The fourth-order valence-electron chi connectivity index (χ4n) is 3.88. The molecule has 3 aromatic rings. The van der Waals surface area contributed by atoms with Gasteiger partial charge in [0.15, 0.2) is 0 Å². The largest absolute Gasteiger partial charge is 0.379 e. The monoisotopic (exact) mass is 511 g/mol. The number of amides is 1. The van der Waals surface area contributed by atoms with E-state index in [0.29, 0.717) is 12.1 Å². The van der Waals surface area contributed by atoms with Crippen LogP contribution < -0.4 is 4.18 Å². The molecular formula is C29H34FNO4S. The van der Waals surface area contributed by atoms with Gasteiger partial charge in [-0.2, -0.15) is 8.42 Å². The van der Waals surface area contributed by atoms with Gasteiger partial charge in [-0.25, -0.2) is 4.39 Å². The zero-order chi connectivity index (χ0) is 26.1. The van der Waals surface area contributed by atoms with Gasteiger partial charge >= 0.3 is 10.1 Å². The predicted molar refractivity (Wildman–Crippen MR) is 140 cm³/mol. The van der Waals surface area contributed by atoms with Crippen LogP contribution in [-0.2, 0) is 23.1 Å². The van der Waals surface area contributed by atoms with E-state index in [9.17, 15) is 17.6 Å². The van der Waals surface area contributed by atoms with Crippen LogP contribution in [0.4, 0.5) is 4.39 Å². The lowest BCUT2D eigenvalue weighted by Crippen LogP contribution is -2.37. The van der Waals surface area contributed by atoms with E-state index in [-0.39, 0.29) is 22.6 Å². The average molecular weight is 512 g/mol. The molecule has 0 aliphatic rings. The van der Waals surface area contributed by atoms with Crippen LogP contribution >= 0.6 is 0 Å². The molecule has 0 fully saturated rings. The topological polar surface area (TPSA) is 63.7 Å². The first kappa shape index (κ1) is 27.4. The van der Waals surface area contributed by atoms with Crippen molar-refractivity contribution in [2.75, 3.05) is 0 Å². The number of carbonyl (C=O) groups excluding carboxylic acids is 1. The Kier molecular flexibility index (Phi) is 9.65. The normalized spacial score (nSPS) is 12.2. The molecule has 0 spiro atoms. The van der Waals surface area contributed by atoms with Gasteiger partial charge in [-0.05, 0) is 85.8 Å². The summed E-state index contributed by atoms with van der Waals surface area (Å²) in [5.74, 6) is -0.476. The van der Waals surface area contributed by atoms with Crippen LogP contribution in [0, 0.1) is 5.82 Å². The number of hydrogen-bond donors (Lipinski definition) is 0. The molecule has 0 N–H and O–H groups in total. The summed E-state index contributed by atoms with van der Waals surface area (Å²) >= 11 is 0. The highest BCUT2D eigenvalue weighted by Crippen LogP contribution is 2.23. The van der Waals surface area contributed by atoms with E-state index in [0.717, 1.165) is 49.1 Å². The van der Waals surface area contributed by atoms with E-state index in [1.165, 1.54) is 24.5 Å². The van der Waals surface area contributed by atoms with Gasteiger partial charge in [0, 0.05) is 18.2 Å². The van der Waals surface area contributed by atoms with Crippen molar-refractivity contribution in [1.29, 1.82) is 0 Å². The second-order valence-corrected chi connectivity index (χ2v) is 10.5.